The summed E-state index contributed by atoms with van der Waals surface area (Å²) < 4.78 is 46.2. The van der Waals surface area contributed by atoms with Gasteiger partial charge in [-0.3, -0.25) is 9.69 Å². The van der Waals surface area contributed by atoms with Crippen LogP contribution in [0.5, 0.6) is 11.5 Å². The Balaban J connectivity index is 2.03. The number of ether oxygens (including phenoxy) is 3. The summed E-state index contributed by atoms with van der Waals surface area (Å²) in [5.74, 6) is -1.20. The van der Waals surface area contributed by atoms with Gasteiger partial charge in [-0.2, -0.15) is 0 Å². The Kier molecular flexibility index (Phi) is 7.44. The van der Waals surface area contributed by atoms with Crippen molar-refractivity contribution < 1.29 is 32.6 Å². The lowest BCUT2D eigenvalue weighted by atomic mass is 10.0. The van der Waals surface area contributed by atoms with Gasteiger partial charge in [-0.05, 0) is 45.0 Å². The molecule has 1 heterocycles. The van der Waals surface area contributed by atoms with E-state index in [0.717, 1.165) is 12.1 Å². The normalized spacial score (nSPS) is 16.0. The van der Waals surface area contributed by atoms with Gasteiger partial charge in [0.25, 0.3) is 5.91 Å². The highest BCUT2D eigenvalue weighted by molar-refractivity contribution is 6.88. The molecule has 2 aromatic rings. The number of halogens is 2. The summed E-state index contributed by atoms with van der Waals surface area (Å²) in [7, 11) is -0.787. The molecule has 0 saturated carbocycles. The molecule has 0 radical (unpaired) electrons. The van der Waals surface area contributed by atoms with E-state index in [4.69, 9.17) is 14.2 Å². The van der Waals surface area contributed by atoms with Gasteiger partial charge in [0.1, 0.15) is 41.4 Å². The molecule has 0 fully saturated rings. The quantitative estimate of drug-likeness (QED) is 0.602. The molecule has 1 unspecified atom stereocenters. The highest BCUT2D eigenvalue weighted by Gasteiger charge is 2.38. The molecule has 0 aromatic heterocycles. The molecule has 2 aromatic carbocycles. The van der Waals surface area contributed by atoms with Crippen LogP contribution >= 0.6 is 0 Å². The van der Waals surface area contributed by atoms with Crippen molar-refractivity contribution in [2.75, 3.05) is 25.6 Å². The Labute approximate surface area is 205 Å². The second kappa shape index (κ2) is 9.85. The first kappa shape index (κ1) is 26.5. The second-order valence-corrected chi connectivity index (χ2v) is 15.4. The van der Waals surface area contributed by atoms with Gasteiger partial charge in [0.05, 0.1) is 21.7 Å². The third-order valence-electron chi connectivity index (χ3n) is 5.35. The maximum atomic E-state index is 14.8. The molecule has 190 valence electrons. The molecule has 1 aliphatic rings. The highest BCUT2D eigenvalue weighted by atomic mass is 28.3. The molecule has 0 saturated heterocycles. The van der Waals surface area contributed by atoms with E-state index in [0.29, 0.717) is 17.1 Å². The molecule has 1 aliphatic heterocycles. The van der Waals surface area contributed by atoms with Gasteiger partial charge in [0.2, 0.25) is 0 Å². The SMILES string of the molecule is COc1ccc2c(c1)OCCN(C(=O)OC(C)(C)C)C2C(=O)Nc1cc(F)c([Si](C)(C)C)c(F)c1. The van der Waals surface area contributed by atoms with Crippen LogP contribution < -0.4 is 20.0 Å². The van der Waals surface area contributed by atoms with Crippen LogP contribution in [-0.2, 0) is 9.53 Å². The van der Waals surface area contributed by atoms with Crippen molar-refractivity contribution in [3.8, 4) is 11.5 Å². The average molecular weight is 507 g/mol. The number of hydrogen-bond acceptors (Lipinski definition) is 5. The van der Waals surface area contributed by atoms with Crippen molar-refractivity contribution in [3.63, 3.8) is 0 Å². The maximum absolute atomic E-state index is 14.8. The zero-order chi connectivity index (χ0) is 26.1. The van der Waals surface area contributed by atoms with E-state index in [1.165, 1.54) is 12.0 Å². The molecule has 2 amide bonds. The number of nitrogens with one attached hydrogen (secondary N) is 1. The van der Waals surface area contributed by atoms with Crippen molar-refractivity contribution in [3.05, 3.63) is 47.5 Å². The topological polar surface area (TPSA) is 77.1 Å². The van der Waals surface area contributed by atoms with Gasteiger partial charge in [0, 0.05) is 22.5 Å². The second-order valence-electron chi connectivity index (χ2n) is 10.4. The van der Waals surface area contributed by atoms with Crippen molar-refractivity contribution in [2.45, 2.75) is 52.1 Å². The molecule has 0 aliphatic carbocycles. The minimum atomic E-state index is -2.29. The van der Waals surface area contributed by atoms with Gasteiger partial charge in [0.15, 0.2) is 0 Å². The molecular formula is C25H32F2N2O5Si. The first-order valence-corrected chi connectivity index (χ1v) is 14.8. The lowest BCUT2D eigenvalue weighted by Crippen LogP contribution is -2.44. The number of benzene rings is 2. The zero-order valence-electron chi connectivity index (χ0n) is 21.1. The molecule has 0 bridgehead atoms. The van der Waals surface area contributed by atoms with E-state index in [1.807, 2.05) is 19.6 Å². The summed E-state index contributed by atoms with van der Waals surface area (Å²) in [6.45, 7) is 10.8. The lowest BCUT2D eigenvalue weighted by Gasteiger charge is -2.31. The summed E-state index contributed by atoms with van der Waals surface area (Å²) in [6.07, 6.45) is -0.712. The predicted molar refractivity (Wildman–Crippen MR) is 132 cm³/mol. The third-order valence-corrected chi connectivity index (χ3v) is 7.33. The summed E-state index contributed by atoms with van der Waals surface area (Å²) in [5, 5.41) is 2.64. The average Bonchev–Trinajstić information content (AvgIpc) is 2.89. The number of rotatable bonds is 4. The molecule has 0 spiro atoms. The fourth-order valence-electron chi connectivity index (χ4n) is 3.92. The standard InChI is InChI=1S/C25H32F2N2O5Si/c1-25(2,3)34-24(31)29-10-11-33-20-14-16(32-4)8-9-17(20)21(29)23(30)28-15-12-18(26)22(19(27)13-15)35(5,6)7/h8-9,12-14,21H,10-11H2,1-7H3,(H,28,30). The van der Waals surface area contributed by atoms with Gasteiger partial charge in [-0.15, -0.1) is 0 Å². The Bertz CT molecular complexity index is 1100. The number of fused-ring (bicyclic) bond motifs is 1. The Morgan fingerprint density at radius 3 is 2.29 bits per heavy atom. The Hall–Kier alpha value is -3.14. The number of carbonyl (C=O) groups excluding carboxylic acids is 2. The van der Waals surface area contributed by atoms with E-state index < -0.39 is 43.4 Å². The number of methoxy groups -OCH3 is 1. The third kappa shape index (κ3) is 6.11. The highest BCUT2D eigenvalue weighted by Crippen LogP contribution is 2.36. The maximum Gasteiger partial charge on any atom is 0.411 e. The zero-order valence-corrected chi connectivity index (χ0v) is 22.1. The lowest BCUT2D eigenvalue weighted by molar-refractivity contribution is -0.121. The monoisotopic (exact) mass is 506 g/mol. The number of amides is 2. The Morgan fingerprint density at radius 2 is 1.74 bits per heavy atom. The van der Waals surface area contributed by atoms with Crippen LogP contribution in [0.15, 0.2) is 30.3 Å². The van der Waals surface area contributed by atoms with E-state index in [9.17, 15) is 18.4 Å². The van der Waals surface area contributed by atoms with Crippen molar-refractivity contribution in [2.24, 2.45) is 0 Å². The fraction of sp³-hybridized carbons (Fsp3) is 0.440. The molecule has 10 heteroatoms. The first-order valence-electron chi connectivity index (χ1n) is 11.3. The fourth-order valence-corrected chi connectivity index (χ4v) is 5.49. The molecule has 35 heavy (non-hydrogen) atoms. The van der Waals surface area contributed by atoms with Crippen LogP contribution in [-0.4, -0.2) is 50.8 Å². The summed E-state index contributed by atoms with van der Waals surface area (Å²) in [5.41, 5.74) is -0.449. The first-order chi connectivity index (χ1) is 16.2. The van der Waals surface area contributed by atoms with E-state index in [2.05, 4.69) is 5.32 Å². The van der Waals surface area contributed by atoms with E-state index >= 15 is 0 Å². The summed E-state index contributed by atoms with van der Waals surface area (Å²) in [6, 6.07) is 5.93. The largest absolute Gasteiger partial charge is 0.497 e. The van der Waals surface area contributed by atoms with Crippen LogP contribution in [0.2, 0.25) is 19.6 Å². The molecule has 3 rings (SSSR count). The van der Waals surface area contributed by atoms with Gasteiger partial charge in [-0.25, -0.2) is 13.6 Å². The van der Waals surface area contributed by atoms with E-state index in [-0.39, 0.29) is 24.0 Å². The molecular weight excluding hydrogens is 474 g/mol. The smallest absolute Gasteiger partial charge is 0.411 e. The minimum Gasteiger partial charge on any atom is -0.497 e. The number of nitrogens with zero attached hydrogens (tertiary/aromatic N) is 1. The van der Waals surface area contributed by atoms with Crippen molar-refractivity contribution in [1.29, 1.82) is 0 Å². The van der Waals surface area contributed by atoms with Crippen LogP contribution in [0, 0.1) is 11.6 Å². The number of carbonyl (C=O) groups is 2. The van der Waals surface area contributed by atoms with Crippen LogP contribution in [0.1, 0.15) is 32.4 Å². The summed E-state index contributed by atoms with van der Waals surface area (Å²) in [4.78, 5) is 27.8. The predicted octanol–water partition coefficient (Wildman–Crippen LogP) is 4.83. The molecule has 1 N–H and O–H groups in total. The van der Waals surface area contributed by atoms with Crippen LogP contribution in [0.3, 0.4) is 0 Å². The number of hydrogen-bond donors (Lipinski definition) is 1. The van der Waals surface area contributed by atoms with Crippen LogP contribution in [0.25, 0.3) is 0 Å². The number of anilines is 1. The minimum absolute atomic E-state index is 0.0450. The van der Waals surface area contributed by atoms with E-state index in [1.54, 1.807) is 39.0 Å². The van der Waals surface area contributed by atoms with Crippen LogP contribution in [0.4, 0.5) is 19.3 Å². The summed E-state index contributed by atoms with van der Waals surface area (Å²) >= 11 is 0. The molecule has 7 nitrogen and oxygen atoms in total. The van der Waals surface area contributed by atoms with Gasteiger partial charge < -0.3 is 19.5 Å². The van der Waals surface area contributed by atoms with Gasteiger partial charge >= 0.3 is 6.09 Å². The molecule has 1 atom stereocenters. The van der Waals surface area contributed by atoms with Gasteiger partial charge in [-0.1, -0.05) is 19.6 Å². The van der Waals surface area contributed by atoms with Crippen molar-refractivity contribution in [1.82, 2.24) is 4.90 Å². The Morgan fingerprint density at radius 1 is 1.11 bits per heavy atom. The van der Waals surface area contributed by atoms with Crippen molar-refractivity contribution >= 4 is 30.9 Å².